The van der Waals surface area contributed by atoms with Gasteiger partial charge in [0.25, 0.3) is 0 Å². The fourth-order valence-corrected chi connectivity index (χ4v) is 1.74. The first-order chi connectivity index (χ1) is 10.7. The number of aromatic nitrogens is 1. The highest BCUT2D eigenvalue weighted by Gasteiger charge is 2.31. The highest BCUT2D eigenvalue weighted by Crippen LogP contribution is 2.33. The Labute approximate surface area is 161 Å². The number of guanidine groups is 1. The van der Waals surface area contributed by atoms with Gasteiger partial charge in [-0.05, 0) is 19.4 Å². The Kier molecular flexibility index (Phi) is 10.4. The Bertz CT molecular complexity index is 543. The van der Waals surface area contributed by atoms with E-state index in [1.165, 1.54) is 0 Å². The van der Waals surface area contributed by atoms with E-state index < -0.39 is 11.7 Å². The van der Waals surface area contributed by atoms with Crippen LogP contribution in [0.1, 0.15) is 32.3 Å². The van der Waals surface area contributed by atoms with Crippen molar-refractivity contribution in [1.29, 1.82) is 0 Å². The van der Waals surface area contributed by atoms with Crippen molar-refractivity contribution in [3.63, 3.8) is 0 Å². The van der Waals surface area contributed by atoms with Gasteiger partial charge >= 0.3 is 6.18 Å². The van der Waals surface area contributed by atoms with Crippen molar-refractivity contribution in [2.24, 2.45) is 10.7 Å². The number of alkyl halides is 3. The third kappa shape index (κ3) is 8.22. The lowest BCUT2D eigenvalue weighted by atomic mass is 10.3. The van der Waals surface area contributed by atoms with Crippen molar-refractivity contribution in [1.82, 2.24) is 10.3 Å². The molecule has 3 N–H and O–H groups in total. The molecule has 138 valence electrons. The summed E-state index contributed by atoms with van der Waals surface area (Å²) >= 11 is 5.73. The number of ether oxygens (including phenoxy) is 1. The molecule has 24 heavy (non-hydrogen) atoms. The van der Waals surface area contributed by atoms with Crippen molar-refractivity contribution in [2.75, 3.05) is 13.2 Å². The number of pyridine rings is 1. The summed E-state index contributed by atoms with van der Waals surface area (Å²) < 4.78 is 42.7. The van der Waals surface area contributed by atoms with Gasteiger partial charge < -0.3 is 15.8 Å². The predicted molar refractivity (Wildman–Crippen MR) is 99.2 cm³/mol. The van der Waals surface area contributed by atoms with E-state index in [0.717, 1.165) is 12.5 Å². The normalized spacial score (nSPS) is 13.2. The molecule has 0 amide bonds. The highest BCUT2D eigenvalue weighted by atomic mass is 127. The molecule has 1 atom stereocenters. The minimum absolute atomic E-state index is 0. The van der Waals surface area contributed by atoms with Crippen LogP contribution in [0.5, 0.6) is 5.88 Å². The zero-order valence-electron chi connectivity index (χ0n) is 13.4. The van der Waals surface area contributed by atoms with E-state index in [1.54, 1.807) is 0 Å². The van der Waals surface area contributed by atoms with Gasteiger partial charge in [-0.2, -0.15) is 13.2 Å². The van der Waals surface area contributed by atoms with Crippen molar-refractivity contribution in [3.05, 3.63) is 22.8 Å². The maximum atomic E-state index is 12.5. The SMILES string of the molecule is CCC(C)NC(N)=NCCCOc1ncc(C(F)(F)F)cc1Cl.I. The molecule has 0 aromatic carbocycles. The molecule has 0 aliphatic heterocycles. The molecule has 5 nitrogen and oxygen atoms in total. The minimum Gasteiger partial charge on any atom is -0.477 e. The molecule has 0 saturated heterocycles. The highest BCUT2D eigenvalue weighted by molar-refractivity contribution is 14.0. The molecule has 1 aromatic rings. The third-order valence-electron chi connectivity index (χ3n) is 2.96. The first-order valence-corrected chi connectivity index (χ1v) is 7.53. The molecule has 1 rings (SSSR count). The number of halogens is 5. The van der Waals surface area contributed by atoms with Crippen molar-refractivity contribution >= 4 is 41.5 Å². The molecule has 0 bridgehead atoms. The number of nitrogens with one attached hydrogen (secondary N) is 1. The molecule has 0 saturated carbocycles. The molecule has 1 unspecified atom stereocenters. The smallest absolute Gasteiger partial charge is 0.417 e. The van der Waals surface area contributed by atoms with Gasteiger partial charge in [0.2, 0.25) is 5.88 Å². The maximum Gasteiger partial charge on any atom is 0.417 e. The van der Waals surface area contributed by atoms with Crippen molar-refractivity contribution in [3.8, 4) is 5.88 Å². The summed E-state index contributed by atoms with van der Waals surface area (Å²) in [6, 6.07) is 1.03. The van der Waals surface area contributed by atoms with Gasteiger partial charge in [-0.15, -0.1) is 24.0 Å². The van der Waals surface area contributed by atoms with Crippen LogP contribution in [0.15, 0.2) is 17.3 Å². The second kappa shape index (κ2) is 10.8. The zero-order chi connectivity index (χ0) is 17.5. The number of rotatable bonds is 7. The first-order valence-electron chi connectivity index (χ1n) is 7.16. The first kappa shape index (κ1) is 23.0. The topological polar surface area (TPSA) is 72.5 Å². The molecule has 0 aliphatic carbocycles. The fraction of sp³-hybridized carbons (Fsp3) is 0.571. The summed E-state index contributed by atoms with van der Waals surface area (Å²) in [6.07, 6.45) is -2.34. The molecule has 0 fully saturated rings. The number of hydrogen-bond donors (Lipinski definition) is 2. The summed E-state index contributed by atoms with van der Waals surface area (Å²) in [5.41, 5.74) is 4.77. The Balaban J connectivity index is 0.00000529. The van der Waals surface area contributed by atoms with Crippen LogP contribution >= 0.6 is 35.6 Å². The predicted octanol–water partition coefficient (Wildman–Crippen LogP) is 3.84. The number of nitrogens with zero attached hydrogens (tertiary/aromatic N) is 2. The molecule has 1 heterocycles. The Hall–Kier alpha value is -0.970. The van der Waals surface area contributed by atoms with Crippen LogP contribution in [0.25, 0.3) is 0 Å². The van der Waals surface area contributed by atoms with E-state index in [9.17, 15) is 13.2 Å². The van der Waals surface area contributed by atoms with Gasteiger partial charge in [0, 0.05) is 25.2 Å². The average Bonchev–Trinajstić information content (AvgIpc) is 2.47. The van der Waals surface area contributed by atoms with E-state index in [4.69, 9.17) is 22.1 Å². The molecular weight excluding hydrogens is 460 g/mol. The van der Waals surface area contributed by atoms with Crippen LogP contribution in [0.4, 0.5) is 13.2 Å². The lowest BCUT2D eigenvalue weighted by Crippen LogP contribution is -2.38. The standard InChI is InChI=1S/C14H20ClF3N4O.HI/c1-3-9(2)22-13(19)20-5-4-6-23-12-11(15)7-10(8-21-12)14(16,17)18;/h7-9H,3-6H2,1-2H3,(H3,19,20,22);1H. The fourth-order valence-electron chi connectivity index (χ4n) is 1.52. The van der Waals surface area contributed by atoms with E-state index in [0.29, 0.717) is 25.1 Å². The van der Waals surface area contributed by atoms with Gasteiger partial charge in [-0.1, -0.05) is 18.5 Å². The monoisotopic (exact) mass is 480 g/mol. The van der Waals surface area contributed by atoms with E-state index in [2.05, 4.69) is 15.3 Å². The Morgan fingerprint density at radius 2 is 2.17 bits per heavy atom. The Morgan fingerprint density at radius 3 is 2.71 bits per heavy atom. The lowest BCUT2D eigenvalue weighted by molar-refractivity contribution is -0.137. The minimum atomic E-state index is -4.48. The van der Waals surface area contributed by atoms with Crippen LogP contribution in [0, 0.1) is 0 Å². The summed E-state index contributed by atoms with van der Waals surface area (Å²) in [5.74, 6) is 0.319. The van der Waals surface area contributed by atoms with Crippen molar-refractivity contribution < 1.29 is 17.9 Å². The number of aliphatic imine (C=N–C) groups is 1. The second-order valence-electron chi connectivity index (χ2n) is 4.93. The van der Waals surface area contributed by atoms with E-state index in [-0.39, 0.29) is 47.5 Å². The molecule has 1 aromatic heterocycles. The van der Waals surface area contributed by atoms with Crippen LogP contribution < -0.4 is 15.8 Å². The van der Waals surface area contributed by atoms with Crippen LogP contribution in [-0.2, 0) is 6.18 Å². The van der Waals surface area contributed by atoms with E-state index in [1.807, 2.05) is 13.8 Å². The molecule has 0 aliphatic rings. The van der Waals surface area contributed by atoms with Crippen LogP contribution in [-0.4, -0.2) is 30.1 Å². The van der Waals surface area contributed by atoms with Crippen LogP contribution in [0.3, 0.4) is 0 Å². The average molecular weight is 481 g/mol. The summed E-state index contributed by atoms with van der Waals surface area (Å²) in [4.78, 5) is 7.69. The van der Waals surface area contributed by atoms with Crippen LogP contribution in [0.2, 0.25) is 5.02 Å². The molecule has 0 radical (unpaired) electrons. The third-order valence-corrected chi connectivity index (χ3v) is 3.24. The second-order valence-corrected chi connectivity index (χ2v) is 5.34. The number of nitrogens with two attached hydrogens (primary N) is 1. The van der Waals surface area contributed by atoms with Gasteiger partial charge in [0.1, 0.15) is 5.02 Å². The summed E-state index contributed by atoms with van der Waals surface area (Å²) in [5, 5.41) is 2.84. The Morgan fingerprint density at radius 1 is 1.50 bits per heavy atom. The number of hydrogen-bond acceptors (Lipinski definition) is 3. The lowest BCUT2D eigenvalue weighted by Gasteiger charge is -2.12. The zero-order valence-corrected chi connectivity index (χ0v) is 16.4. The maximum absolute atomic E-state index is 12.5. The van der Waals surface area contributed by atoms with Crippen molar-refractivity contribution in [2.45, 2.75) is 38.9 Å². The summed E-state index contributed by atoms with van der Waals surface area (Å²) in [7, 11) is 0. The van der Waals surface area contributed by atoms with Gasteiger partial charge in [0.05, 0.1) is 12.2 Å². The van der Waals surface area contributed by atoms with Gasteiger partial charge in [-0.25, -0.2) is 4.98 Å². The molecule has 10 heteroatoms. The molecule has 0 spiro atoms. The largest absolute Gasteiger partial charge is 0.477 e. The quantitative estimate of drug-likeness (QED) is 0.269. The summed E-state index contributed by atoms with van der Waals surface area (Å²) in [6.45, 7) is 4.66. The van der Waals surface area contributed by atoms with Gasteiger partial charge in [-0.3, -0.25) is 4.99 Å². The van der Waals surface area contributed by atoms with E-state index >= 15 is 0 Å². The molecular formula is C14H21ClF3IN4O. The van der Waals surface area contributed by atoms with Gasteiger partial charge in [0.15, 0.2) is 5.96 Å².